The first-order valence-corrected chi connectivity index (χ1v) is 10.4. The molecule has 0 radical (unpaired) electrons. The molecule has 3 rings (SSSR count). The molecule has 0 spiro atoms. The monoisotopic (exact) mass is 369 g/mol. The van der Waals surface area contributed by atoms with Gasteiger partial charge in [0.25, 0.3) is 0 Å². The van der Waals surface area contributed by atoms with Crippen LogP contribution < -0.4 is 4.90 Å². The molecule has 2 aromatic rings. The minimum atomic E-state index is 0.174. The minimum Gasteiger partial charge on any atom is -0.460 e. The van der Waals surface area contributed by atoms with E-state index in [9.17, 15) is 4.79 Å². The van der Waals surface area contributed by atoms with Crippen LogP contribution in [0.4, 0.5) is 0 Å². The summed E-state index contributed by atoms with van der Waals surface area (Å²) in [6, 6.07) is 14.5. The van der Waals surface area contributed by atoms with Gasteiger partial charge in [-0.15, -0.1) is 0 Å². The highest BCUT2D eigenvalue weighted by molar-refractivity contribution is 5.78. The second kappa shape index (κ2) is 9.75. The first kappa shape index (κ1) is 19.7. The zero-order valence-electron chi connectivity index (χ0n) is 16.7. The average molecular weight is 370 g/mol. The van der Waals surface area contributed by atoms with E-state index in [0.29, 0.717) is 5.91 Å². The third-order valence-corrected chi connectivity index (χ3v) is 5.57. The maximum atomic E-state index is 13.2. The number of carbonyl (C=O) groups is 1. The van der Waals surface area contributed by atoms with Gasteiger partial charge in [0.15, 0.2) is 5.76 Å². The van der Waals surface area contributed by atoms with Crippen molar-refractivity contribution in [2.75, 3.05) is 19.6 Å². The van der Waals surface area contributed by atoms with Gasteiger partial charge in [0.2, 0.25) is 5.91 Å². The molecule has 1 aromatic carbocycles. The molecular formula is C23H33N2O2+. The number of rotatable bonds is 8. The van der Waals surface area contributed by atoms with E-state index in [1.165, 1.54) is 10.5 Å². The van der Waals surface area contributed by atoms with Gasteiger partial charge in [0.1, 0.15) is 12.3 Å². The maximum Gasteiger partial charge on any atom is 0.226 e. The predicted molar refractivity (Wildman–Crippen MR) is 107 cm³/mol. The van der Waals surface area contributed by atoms with Gasteiger partial charge in [-0.1, -0.05) is 43.7 Å². The molecule has 4 heteroatoms. The highest BCUT2D eigenvalue weighted by Gasteiger charge is 2.30. The fourth-order valence-electron chi connectivity index (χ4n) is 3.95. The highest BCUT2D eigenvalue weighted by Crippen LogP contribution is 2.17. The lowest BCUT2D eigenvalue weighted by molar-refractivity contribution is -0.920. The summed E-state index contributed by atoms with van der Waals surface area (Å²) >= 11 is 0. The number of quaternary nitrogens is 1. The topological polar surface area (TPSA) is 37.9 Å². The van der Waals surface area contributed by atoms with Crippen LogP contribution in [0.1, 0.15) is 49.7 Å². The van der Waals surface area contributed by atoms with Crippen LogP contribution in [-0.4, -0.2) is 30.4 Å². The Morgan fingerprint density at radius 1 is 1.15 bits per heavy atom. The third-order valence-electron chi connectivity index (χ3n) is 5.57. The van der Waals surface area contributed by atoms with Crippen LogP contribution in [0.5, 0.6) is 0 Å². The molecule has 1 amide bonds. The Balaban J connectivity index is 1.54. The Kier molecular flexibility index (Phi) is 7.11. The number of amides is 1. The van der Waals surface area contributed by atoms with Crippen molar-refractivity contribution in [2.45, 2.75) is 52.6 Å². The van der Waals surface area contributed by atoms with Gasteiger partial charge in [-0.05, 0) is 31.0 Å². The molecule has 1 aliphatic rings. The van der Waals surface area contributed by atoms with Crippen LogP contribution in [0.3, 0.4) is 0 Å². The van der Waals surface area contributed by atoms with Crippen molar-refractivity contribution in [1.29, 1.82) is 0 Å². The molecule has 146 valence electrons. The van der Waals surface area contributed by atoms with Crippen LogP contribution in [0.25, 0.3) is 0 Å². The van der Waals surface area contributed by atoms with Crippen molar-refractivity contribution in [1.82, 2.24) is 4.90 Å². The van der Waals surface area contributed by atoms with Gasteiger partial charge in [0.05, 0.1) is 13.1 Å². The smallest absolute Gasteiger partial charge is 0.226 e. The number of carbonyl (C=O) groups excluding carboxylic acids is 1. The van der Waals surface area contributed by atoms with Crippen molar-refractivity contribution >= 4 is 5.91 Å². The Hall–Kier alpha value is -2.07. The van der Waals surface area contributed by atoms with Gasteiger partial charge in [-0.2, -0.15) is 0 Å². The van der Waals surface area contributed by atoms with Crippen molar-refractivity contribution in [3.05, 3.63) is 59.5 Å². The minimum absolute atomic E-state index is 0.174. The number of aryl methyl sites for hydroxylation is 1. The van der Waals surface area contributed by atoms with Crippen molar-refractivity contribution in [2.24, 2.45) is 5.92 Å². The number of likely N-dealkylation sites (tertiary alicyclic amines) is 1. The van der Waals surface area contributed by atoms with Gasteiger partial charge in [-0.3, -0.25) is 4.79 Å². The number of furan rings is 1. The first-order chi connectivity index (χ1) is 13.2. The van der Waals surface area contributed by atoms with E-state index in [1.54, 1.807) is 0 Å². The normalized spacial score (nSPS) is 19.8. The van der Waals surface area contributed by atoms with E-state index < -0.39 is 0 Å². The lowest BCUT2D eigenvalue weighted by Crippen LogP contribution is -3.11. The van der Waals surface area contributed by atoms with E-state index in [1.807, 2.05) is 19.1 Å². The maximum absolute atomic E-state index is 13.2. The van der Waals surface area contributed by atoms with Crippen molar-refractivity contribution in [3.63, 3.8) is 0 Å². The number of piperidine rings is 1. The molecule has 2 heterocycles. The quantitative estimate of drug-likeness (QED) is 0.776. The van der Waals surface area contributed by atoms with Crippen LogP contribution >= 0.6 is 0 Å². The standard InChI is InChI=1S/C23H32N2O2/c1-3-4-14-25(17-20-8-6-5-7-9-20)23(26)21-12-15-24(16-13-21)18-22-11-10-19(2)27-22/h5-11,21H,3-4,12-18H2,1-2H3/p+1. The number of hydrogen-bond donors (Lipinski definition) is 1. The number of benzene rings is 1. The Morgan fingerprint density at radius 2 is 1.89 bits per heavy atom. The highest BCUT2D eigenvalue weighted by atomic mass is 16.3. The first-order valence-electron chi connectivity index (χ1n) is 10.4. The van der Waals surface area contributed by atoms with Crippen LogP contribution in [0, 0.1) is 12.8 Å². The summed E-state index contributed by atoms with van der Waals surface area (Å²) in [5.74, 6) is 2.55. The van der Waals surface area contributed by atoms with Crippen molar-refractivity contribution < 1.29 is 14.1 Å². The van der Waals surface area contributed by atoms with Crippen LogP contribution in [-0.2, 0) is 17.9 Å². The molecular weight excluding hydrogens is 336 g/mol. The Morgan fingerprint density at radius 3 is 2.52 bits per heavy atom. The molecule has 4 nitrogen and oxygen atoms in total. The summed E-state index contributed by atoms with van der Waals surface area (Å²) in [7, 11) is 0. The lowest BCUT2D eigenvalue weighted by atomic mass is 9.94. The van der Waals surface area contributed by atoms with Crippen molar-refractivity contribution in [3.8, 4) is 0 Å². The van der Waals surface area contributed by atoms with Crippen LogP contribution in [0.2, 0.25) is 0 Å². The third kappa shape index (κ3) is 5.70. The van der Waals surface area contributed by atoms with Gasteiger partial charge >= 0.3 is 0 Å². The molecule has 1 saturated heterocycles. The molecule has 0 unspecified atom stereocenters. The van der Waals surface area contributed by atoms with E-state index in [-0.39, 0.29) is 5.92 Å². The zero-order chi connectivity index (χ0) is 19.1. The number of hydrogen-bond acceptors (Lipinski definition) is 2. The SMILES string of the molecule is CCCCN(Cc1ccccc1)C(=O)C1CC[NH+](Cc2ccc(C)o2)CC1. The Labute approximate surface area is 163 Å². The molecule has 0 saturated carbocycles. The summed E-state index contributed by atoms with van der Waals surface area (Å²) in [5.41, 5.74) is 1.22. The molecule has 1 fully saturated rings. The van der Waals surface area contributed by atoms with Gasteiger partial charge in [-0.25, -0.2) is 0 Å². The summed E-state index contributed by atoms with van der Waals surface area (Å²) in [6.07, 6.45) is 4.14. The summed E-state index contributed by atoms with van der Waals surface area (Å²) in [6.45, 7) is 8.79. The van der Waals surface area contributed by atoms with E-state index >= 15 is 0 Å². The largest absolute Gasteiger partial charge is 0.460 e. The number of nitrogens with zero attached hydrogens (tertiary/aromatic N) is 1. The molecule has 1 aromatic heterocycles. The summed E-state index contributed by atoms with van der Waals surface area (Å²) < 4.78 is 5.71. The average Bonchev–Trinajstić information content (AvgIpc) is 3.10. The molecule has 0 atom stereocenters. The zero-order valence-corrected chi connectivity index (χ0v) is 16.7. The van der Waals surface area contributed by atoms with Crippen LogP contribution in [0.15, 0.2) is 46.9 Å². The fourth-order valence-corrected chi connectivity index (χ4v) is 3.95. The van der Waals surface area contributed by atoms with E-state index in [2.05, 4.69) is 42.2 Å². The molecule has 0 bridgehead atoms. The van der Waals surface area contributed by atoms with Gasteiger partial charge < -0.3 is 14.2 Å². The number of unbranched alkanes of at least 4 members (excludes halogenated alkanes) is 1. The van der Waals surface area contributed by atoms with E-state index in [4.69, 9.17) is 4.42 Å². The second-order valence-electron chi connectivity index (χ2n) is 7.81. The molecule has 1 aliphatic heterocycles. The molecule has 27 heavy (non-hydrogen) atoms. The summed E-state index contributed by atoms with van der Waals surface area (Å²) in [4.78, 5) is 16.8. The lowest BCUT2D eigenvalue weighted by Gasteiger charge is -2.32. The predicted octanol–water partition coefficient (Wildman–Crippen LogP) is 3.21. The molecule has 0 aliphatic carbocycles. The number of nitrogens with one attached hydrogen (secondary N) is 1. The fraction of sp³-hybridized carbons (Fsp3) is 0.522. The summed E-state index contributed by atoms with van der Waals surface area (Å²) in [5, 5.41) is 0. The molecule has 1 N–H and O–H groups in total. The second-order valence-corrected chi connectivity index (χ2v) is 7.81. The van der Waals surface area contributed by atoms with Gasteiger partial charge in [0, 0.05) is 31.8 Å². The van der Waals surface area contributed by atoms with E-state index in [0.717, 1.165) is 69.9 Å². The Bertz CT molecular complexity index is 702.